The van der Waals surface area contributed by atoms with Gasteiger partial charge in [0.25, 0.3) is 5.69 Å². The summed E-state index contributed by atoms with van der Waals surface area (Å²) < 4.78 is 0. The third kappa shape index (κ3) is 4.93. The van der Waals surface area contributed by atoms with Gasteiger partial charge >= 0.3 is 5.97 Å². The van der Waals surface area contributed by atoms with Crippen LogP contribution in [-0.4, -0.2) is 33.5 Å². The quantitative estimate of drug-likeness (QED) is 0.433. The molecule has 1 unspecified atom stereocenters. The number of carbonyl (C=O) groups is 1. The summed E-state index contributed by atoms with van der Waals surface area (Å²) >= 11 is 1.82. The van der Waals surface area contributed by atoms with Crippen molar-refractivity contribution in [3.05, 3.63) is 33.4 Å². The van der Waals surface area contributed by atoms with Crippen LogP contribution in [-0.2, 0) is 0 Å². The van der Waals surface area contributed by atoms with E-state index in [1.807, 2.05) is 18.7 Å². The van der Waals surface area contributed by atoms with Crippen LogP contribution in [0.25, 0.3) is 0 Å². The van der Waals surface area contributed by atoms with E-state index >= 15 is 0 Å². The monoisotopic (exact) mass is 312 g/mol. The summed E-state index contributed by atoms with van der Waals surface area (Å²) in [6.07, 6.45) is 0.906. The molecule has 1 atom stereocenters. The Kier molecular flexibility index (Phi) is 6.48. The lowest BCUT2D eigenvalue weighted by Crippen LogP contribution is -2.17. The molecule has 0 aromatic heterocycles. The Morgan fingerprint density at radius 3 is 2.71 bits per heavy atom. The second-order valence-corrected chi connectivity index (χ2v) is 6.16. The van der Waals surface area contributed by atoms with Crippen molar-refractivity contribution in [3.63, 3.8) is 0 Å². The van der Waals surface area contributed by atoms with Crippen LogP contribution in [0.5, 0.6) is 0 Å². The van der Waals surface area contributed by atoms with Gasteiger partial charge in [-0.15, -0.1) is 0 Å². The fourth-order valence-corrected chi connectivity index (χ4v) is 2.71. The maximum absolute atomic E-state index is 11.1. The molecule has 7 heteroatoms. The molecule has 0 aliphatic heterocycles. The van der Waals surface area contributed by atoms with Gasteiger partial charge in [0.05, 0.1) is 10.5 Å². The topological polar surface area (TPSA) is 92.5 Å². The third-order valence-electron chi connectivity index (χ3n) is 3.13. The lowest BCUT2D eigenvalue weighted by molar-refractivity contribution is -0.385. The second-order valence-electron chi connectivity index (χ2n) is 4.76. The Balaban J connectivity index is 2.99. The molecule has 0 aliphatic rings. The van der Waals surface area contributed by atoms with Gasteiger partial charge in [0.2, 0.25) is 0 Å². The van der Waals surface area contributed by atoms with Crippen molar-refractivity contribution >= 4 is 29.1 Å². The van der Waals surface area contributed by atoms with E-state index in [0.29, 0.717) is 11.3 Å². The number of thioether (sulfide) groups is 1. The summed E-state index contributed by atoms with van der Waals surface area (Å²) in [7, 11) is 0. The first-order valence-corrected chi connectivity index (χ1v) is 7.88. The highest BCUT2D eigenvalue weighted by atomic mass is 32.2. The number of hydrogen-bond donors (Lipinski definition) is 2. The van der Waals surface area contributed by atoms with Crippen LogP contribution in [0, 0.1) is 17.0 Å². The Morgan fingerprint density at radius 2 is 2.19 bits per heavy atom. The average molecular weight is 312 g/mol. The van der Waals surface area contributed by atoms with Crippen LogP contribution >= 0.6 is 11.8 Å². The first-order chi connectivity index (χ1) is 9.86. The van der Waals surface area contributed by atoms with Gasteiger partial charge in [-0.3, -0.25) is 10.1 Å². The number of carboxylic acid groups (broad SMARTS) is 1. The molecule has 0 amide bonds. The van der Waals surface area contributed by atoms with E-state index in [4.69, 9.17) is 5.11 Å². The van der Waals surface area contributed by atoms with Crippen LogP contribution in [0.4, 0.5) is 11.4 Å². The van der Waals surface area contributed by atoms with Crippen LogP contribution in [0.2, 0.25) is 0 Å². The number of hydrogen-bond acceptors (Lipinski definition) is 5. The average Bonchev–Trinajstić information content (AvgIpc) is 2.40. The smallest absolute Gasteiger partial charge is 0.336 e. The minimum Gasteiger partial charge on any atom is -0.478 e. The van der Waals surface area contributed by atoms with Gasteiger partial charge in [0.15, 0.2) is 0 Å². The van der Waals surface area contributed by atoms with Crippen molar-refractivity contribution in [2.45, 2.75) is 33.2 Å². The minimum atomic E-state index is -1.17. The lowest BCUT2D eigenvalue weighted by atomic mass is 10.1. The SMILES string of the molecule is CCSCCC(C)Nc1cc(C(=O)O)cc([N+](=O)[O-])c1C. The minimum absolute atomic E-state index is 0.0788. The number of nitrogens with zero attached hydrogens (tertiary/aromatic N) is 1. The van der Waals surface area contributed by atoms with E-state index in [9.17, 15) is 14.9 Å². The Labute approximate surface area is 128 Å². The summed E-state index contributed by atoms with van der Waals surface area (Å²) in [6, 6.07) is 2.67. The zero-order valence-electron chi connectivity index (χ0n) is 12.4. The first-order valence-electron chi connectivity index (χ1n) is 6.73. The van der Waals surface area contributed by atoms with E-state index in [0.717, 1.165) is 24.0 Å². The van der Waals surface area contributed by atoms with Crippen molar-refractivity contribution in [2.24, 2.45) is 0 Å². The predicted octanol–water partition coefficient (Wildman–Crippen LogP) is 3.55. The molecule has 6 nitrogen and oxygen atoms in total. The van der Waals surface area contributed by atoms with Crippen LogP contribution in [0.3, 0.4) is 0 Å². The highest BCUT2D eigenvalue weighted by Crippen LogP contribution is 2.28. The van der Waals surface area contributed by atoms with Crippen molar-refractivity contribution in [1.82, 2.24) is 0 Å². The molecule has 0 radical (unpaired) electrons. The molecule has 1 rings (SSSR count). The molecular formula is C14H20N2O4S. The van der Waals surface area contributed by atoms with Gasteiger partial charge in [-0.1, -0.05) is 6.92 Å². The molecule has 0 fully saturated rings. The number of nitro benzene ring substituents is 1. The Hall–Kier alpha value is -1.76. The van der Waals surface area contributed by atoms with Gasteiger partial charge in [0, 0.05) is 23.4 Å². The fourth-order valence-electron chi connectivity index (χ4n) is 1.90. The number of carboxylic acids is 1. The standard InChI is InChI=1S/C14H20N2O4S/c1-4-21-6-5-9(2)15-12-7-11(14(17)18)8-13(10(12)3)16(19)20/h7-9,15H,4-6H2,1-3H3,(H,17,18). The van der Waals surface area contributed by atoms with Crippen molar-refractivity contribution < 1.29 is 14.8 Å². The molecule has 0 bridgehead atoms. The molecule has 0 spiro atoms. The molecular weight excluding hydrogens is 292 g/mol. The summed E-state index contributed by atoms with van der Waals surface area (Å²) in [6.45, 7) is 5.70. The van der Waals surface area contributed by atoms with Gasteiger partial charge in [-0.2, -0.15) is 11.8 Å². The number of nitrogens with one attached hydrogen (secondary N) is 1. The van der Waals surface area contributed by atoms with Crippen molar-refractivity contribution in [2.75, 3.05) is 16.8 Å². The summed E-state index contributed by atoms with van der Waals surface area (Å²) in [5.74, 6) is 0.867. The molecule has 0 saturated heterocycles. The molecule has 0 heterocycles. The lowest BCUT2D eigenvalue weighted by Gasteiger charge is -2.17. The largest absolute Gasteiger partial charge is 0.478 e. The van der Waals surface area contributed by atoms with Gasteiger partial charge in [0.1, 0.15) is 0 Å². The van der Waals surface area contributed by atoms with E-state index in [2.05, 4.69) is 12.2 Å². The molecule has 1 aromatic carbocycles. The summed E-state index contributed by atoms with van der Waals surface area (Å²) in [4.78, 5) is 21.6. The van der Waals surface area contributed by atoms with Gasteiger partial charge < -0.3 is 10.4 Å². The molecule has 0 aliphatic carbocycles. The van der Waals surface area contributed by atoms with Crippen LogP contribution in [0.1, 0.15) is 36.2 Å². The predicted molar refractivity (Wildman–Crippen MR) is 85.5 cm³/mol. The van der Waals surface area contributed by atoms with E-state index in [-0.39, 0.29) is 17.3 Å². The van der Waals surface area contributed by atoms with Crippen LogP contribution < -0.4 is 5.32 Å². The summed E-state index contributed by atoms with van der Waals surface area (Å²) in [5, 5.41) is 23.3. The molecule has 0 saturated carbocycles. The third-order valence-corrected chi connectivity index (χ3v) is 4.06. The number of anilines is 1. The number of rotatable bonds is 8. The fraction of sp³-hybridized carbons (Fsp3) is 0.500. The second kappa shape index (κ2) is 7.87. The molecule has 116 valence electrons. The van der Waals surface area contributed by atoms with Gasteiger partial charge in [-0.05, 0) is 37.8 Å². The van der Waals surface area contributed by atoms with Gasteiger partial charge in [-0.25, -0.2) is 4.79 Å². The Morgan fingerprint density at radius 1 is 1.52 bits per heavy atom. The maximum atomic E-state index is 11.1. The van der Waals surface area contributed by atoms with Crippen molar-refractivity contribution in [1.29, 1.82) is 0 Å². The van der Waals surface area contributed by atoms with E-state index < -0.39 is 10.9 Å². The first kappa shape index (κ1) is 17.3. The van der Waals surface area contributed by atoms with Crippen LogP contribution in [0.15, 0.2) is 12.1 Å². The highest BCUT2D eigenvalue weighted by Gasteiger charge is 2.19. The highest BCUT2D eigenvalue weighted by molar-refractivity contribution is 7.99. The van der Waals surface area contributed by atoms with Crippen molar-refractivity contribution in [3.8, 4) is 0 Å². The number of aromatic carboxylic acids is 1. The number of benzene rings is 1. The zero-order valence-corrected chi connectivity index (χ0v) is 13.2. The maximum Gasteiger partial charge on any atom is 0.336 e. The van der Waals surface area contributed by atoms with E-state index in [1.165, 1.54) is 6.07 Å². The molecule has 21 heavy (non-hydrogen) atoms. The van der Waals surface area contributed by atoms with E-state index in [1.54, 1.807) is 6.92 Å². The molecule has 2 N–H and O–H groups in total. The molecule has 1 aromatic rings. The Bertz CT molecular complexity index is 534. The summed E-state index contributed by atoms with van der Waals surface area (Å²) in [5.41, 5.74) is 0.716. The normalized spacial score (nSPS) is 12.0. The number of nitro groups is 1. The zero-order chi connectivity index (χ0) is 16.0.